The van der Waals surface area contributed by atoms with Crippen molar-refractivity contribution in [1.82, 2.24) is 9.88 Å². The van der Waals surface area contributed by atoms with Crippen LogP contribution in [0.4, 0.5) is 10.1 Å². The molecule has 33 heavy (non-hydrogen) atoms. The number of carbonyl (C=O) groups excluding carboxylic acids is 1. The van der Waals surface area contributed by atoms with E-state index in [1.165, 1.54) is 24.4 Å². The average Bonchev–Trinajstić information content (AvgIpc) is 2.70. The number of nitriles is 1. The van der Waals surface area contributed by atoms with E-state index in [9.17, 15) is 18.3 Å². The molecule has 2 aromatic rings. The largest absolute Gasteiger partial charge is 0.386 e. The summed E-state index contributed by atoms with van der Waals surface area (Å²) in [5.74, 6) is -1.21. The van der Waals surface area contributed by atoms with E-state index in [1.807, 2.05) is 18.0 Å². The summed E-state index contributed by atoms with van der Waals surface area (Å²) in [6.07, 6.45) is 1.30. The van der Waals surface area contributed by atoms with Gasteiger partial charge in [0.05, 0.1) is 11.3 Å². The number of nitrogens with zero attached hydrogens (tertiary/aromatic N) is 4. The Labute approximate surface area is 192 Å². The number of pyridine rings is 1. The van der Waals surface area contributed by atoms with Crippen LogP contribution in [-0.4, -0.2) is 61.4 Å². The van der Waals surface area contributed by atoms with Gasteiger partial charge in [0.25, 0.3) is 5.91 Å². The summed E-state index contributed by atoms with van der Waals surface area (Å²) in [5, 5.41) is 11.7. The maximum atomic E-state index is 14.9. The number of aryl methyl sites for hydroxylation is 1. The fraction of sp³-hybridized carbons (Fsp3) is 0.364. The average molecular weight is 473 g/mol. The van der Waals surface area contributed by atoms with Crippen molar-refractivity contribution in [1.29, 1.82) is 5.26 Å². The first-order valence-electron chi connectivity index (χ1n) is 10.2. The zero-order chi connectivity index (χ0) is 24.2. The molecule has 3 heterocycles. The summed E-state index contributed by atoms with van der Waals surface area (Å²) in [6, 6.07) is 7.52. The predicted octanol–water partition coefficient (Wildman–Crippen LogP) is 2.67. The van der Waals surface area contributed by atoms with Gasteiger partial charge < -0.3 is 16.0 Å². The molecule has 1 aromatic carbocycles. The number of nitrogens with two attached hydrogens (primary N) is 1. The van der Waals surface area contributed by atoms with Crippen molar-refractivity contribution in [2.45, 2.75) is 24.1 Å². The van der Waals surface area contributed by atoms with Gasteiger partial charge in [-0.15, -0.1) is 0 Å². The van der Waals surface area contributed by atoms with Crippen LogP contribution in [0.3, 0.4) is 0 Å². The molecule has 11 heteroatoms. The second-order valence-corrected chi connectivity index (χ2v) is 11.3. The number of amides is 1. The highest BCUT2D eigenvalue weighted by atomic mass is 32.3. The third-order valence-corrected chi connectivity index (χ3v) is 8.90. The number of likely N-dealkylation sites (tertiary alicyclic amines) is 1. The maximum absolute atomic E-state index is 14.9. The number of nitrogens with one attached hydrogen (secondary N) is 1. The quantitative estimate of drug-likeness (QED) is 0.537. The third-order valence-electron chi connectivity index (χ3n) is 6.22. The molecule has 174 valence electrons. The highest BCUT2D eigenvalue weighted by Crippen LogP contribution is 2.62. The first-order valence-corrected chi connectivity index (χ1v) is 11.9. The minimum atomic E-state index is -3.22. The van der Waals surface area contributed by atoms with Crippen LogP contribution in [-0.2, 0) is 5.54 Å². The van der Waals surface area contributed by atoms with Crippen LogP contribution < -0.4 is 11.1 Å². The van der Waals surface area contributed by atoms with E-state index in [2.05, 4.69) is 15.3 Å². The van der Waals surface area contributed by atoms with E-state index in [4.69, 9.17) is 11.0 Å². The van der Waals surface area contributed by atoms with Gasteiger partial charge in [-0.3, -0.25) is 18.9 Å². The first kappa shape index (κ1) is 23.1. The number of hydrogen-bond acceptors (Lipinski definition) is 8. The van der Waals surface area contributed by atoms with Crippen LogP contribution in [0.25, 0.3) is 0 Å². The van der Waals surface area contributed by atoms with Gasteiger partial charge in [-0.2, -0.15) is 15.9 Å². The molecule has 2 aliphatic rings. The number of rotatable bonds is 3. The summed E-state index contributed by atoms with van der Waals surface area (Å²) in [7, 11) is -1.37. The summed E-state index contributed by atoms with van der Waals surface area (Å²) < 4.78 is 35.9. The van der Waals surface area contributed by atoms with Gasteiger partial charge in [0.15, 0.2) is 0 Å². The van der Waals surface area contributed by atoms with Gasteiger partial charge in [-0.05, 0) is 50.7 Å². The highest BCUT2D eigenvalue weighted by molar-refractivity contribution is 8.26. The second kappa shape index (κ2) is 7.78. The molecule has 1 atom stereocenters. The van der Waals surface area contributed by atoms with E-state index >= 15 is 0 Å². The molecule has 1 fully saturated rings. The lowest BCUT2D eigenvalue weighted by Crippen LogP contribution is -2.71. The van der Waals surface area contributed by atoms with Crippen LogP contribution in [0.15, 0.2) is 35.5 Å². The van der Waals surface area contributed by atoms with Crippen molar-refractivity contribution in [2.75, 3.05) is 31.2 Å². The Balaban J connectivity index is 1.66. The molecule has 0 bridgehead atoms. The Morgan fingerprint density at radius 1 is 1.36 bits per heavy atom. The fourth-order valence-corrected chi connectivity index (χ4v) is 7.02. The summed E-state index contributed by atoms with van der Waals surface area (Å²) in [5.41, 5.74) is 6.26. The number of carbonyl (C=O) groups is 1. The predicted molar refractivity (Wildman–Crippen MR) is 125 cm³/mol. The Morgan fingerprint density at radius 2 is 2.06 bits per heavy atom. The molecule has 1 spiro atoms. The minimum Gasteiger partial charge on any atom is -0.386 e. The highest BCUT2D eigenvalue weighted by Gasteiger charge is 2.59. The molecule has 0 aliphatic carbocycles. The number of anilines is 1. The van der Waals surface area contributed by atoms with Crippen molar-refractivity contribution in [2.24, 2.45) is 10.7 Å². The SMILES string of the molecule is Cc1cc(C#N)cnc1C(=O)Nc1ccc(F)c([C@]2(C)CS(O)(O)C3(CN(C)C3)C(N)=N2)c1. The lowest BCUT2D eigenvalue weighted by atomic mass is 9.91. The monoisotopic (exact) mass is 472 g/mol. The number of benzene rings is 1. The molecule has 0 saturated carbocycles. The fourth-order valence-electron chi connectivity index (χ4n) is 4.51. The van der Waals surface area contributed by atoms with Crippen molar-refractivity contribution < 1.29 is 18.3 Å². The third kappa shape index (κ3) is 3.75. The Kier molecular flexibility index (Phi) is 5.45. The van der Waals surface area contributed by atoms with Crippen molar-refractivity contribution >= 4 is 28.0 Å². The molecule has 0 radical (unpaired) electrons. The molecule has 5 N–H and O–H groups in total. The van der Waals surface area contributed by atoms with E-state index in [1.54, 1.807) is 19.9 Å². The molecule has 1 aromatic heterocycles. The molecule has 1 saturated heterocycles. The molecule has 0 unspecified atom stereocenters. The number of hydrogen-bond donors (Lipinski definition) is 4. The van der Waals surface area contributed by atoms with Crippen molar-refractivity contribution in [3.8, 4) is 6.07 Å². The molecule has 4 rings (SSSR count). The Hall–Kier alpha value is -3.04. The van der Waals surface area contributed by atoms with Crippen LogP contribution in [0.1, 0.15) is 34.1 Å². The minimum absolute atomic E-state index is 0.0928. The molecule has 1 amide bonds. The maximum Gasteiger partial charge on any atom is 0.274 e. The summed E-state index contributed by atoms with van der Waals surface area (Å²) >= 11 is 0. The number of halogens is 1. The zero-order valence-electron chi connectivity index (χ0n) is 18.5. The van der Waals surface area contributed by atoms with Crippen LogP contribution in [0.2, 0.25) is 0 Å². The lowest BCUT2D eigenvalue weighted by molar-refractivity contribution is 0.102. The van der Waals surface area contributed by atoms with Crippen molar-refractivity contribution in [3.05, 3.63) is 58.7 Å². The van der Waals surface area contributed by atoms with Crippen LogP contribution in [0, 0.1) is 24.1 Å². The van der Waals surface area contributed by atoms with Crippen molar-refractivity contribution in [3.63, 3.8) is 0 Å². The van der Waals surface area contributed by atoms with Gasteiger partial charge in [-0.25, -0.2) is 9.37 Å². The molecule has 9 nitrogen and oxygen atoms in total. The summed E-state index contributed by atoms with van der Waals surface area (Å²) in [4.78, 5) is 23.2. The van der Waals surface area contributed by atoms with Crippen LogP contribution in [0.5, 0.6) is 0 Å². The lowest BCUT2D eigenvalue weighted by Gasteiger charge is -2.62. The normalized spacial score (nSPS) is 24.3. The van der Waals surface area contributed by atoms with Gasteiger partial charge in [0, 0.05) is 30.5 Å². The summed E-state index contributed by atoms with van der Waals surface area (Å²) in [6.45, 7) is 4.00. The molecular formula is C22H25FN6O3S. The zero-order valence-corrected chi connectivity index (χ0v) is 19.3. The topological polar surface area (TPSA) is 148 Å². The smallest absolute Gasteiger partial charge is 0.274 e. The van der Waals surface area contributed by atoms with E-state index in [0.717, 1.165) is 0 Å². The number of amidine groups is 1. The molecule has 2 aliphatic heterocycles. The van der Waals surface area contributed by atoms with Gasteiger partial charge in [-0.1, -0.05) is 0 Å². The Morgan fingerprint density at radius 3 is 2.64 bits per heavy atom. The number of aliphatic imine (C=N–C) groups is 1. The van der Waals surface area contributed by atoms with E-state index in [-0.39, 0.29) is 28.5 Å². The Bertz CT molecular complexity index is 1220. The second-order valence-electron chi connectivity index (χ2n) is 8.90. The van der Waals surface area contributed by atoms with Gasteiger partial charge in [0.2, 0.25) is 0 Å². The molecular weight excluding hydrogens is 447 g/mol. The van der Waals surface area contributed by atoms with E-state index in [0.29, 0.717) is 24.2 Å². The van der Waals surface area contributed by atoms with Gasteiger partial charge >= 0.3 is 0 Å². The van der Waals surface area contributed by atoms with Crippen LogP contribution >= 0.6 is 10.6 Å². The number of aromatic nitrogens is 1. The van der Waals surface area contributed by atoms with Gasteiger partial charge in [0.1, 0.15) is 33.7 Å². The standard InChI is InChI=1S/C22H25FN6O3S/c1-13-6-14(8-24)9-26-18(13)19(30)27-15-4-5-17(23)16(7-15)21(2)12-33(31,32)22(20(25)28-21)10-29(3)11-22/h4-7,9,31-32H,10-12H2,1-3H3,(H2,25,28)(H,27,30)/t21-/m0/s1. The van der Waals surface area contributed by atoms with E-state index < -0.39 is 32.6 Å². The first-order chi connectivity index (χ1) is 15.4.